The number of methoxy groups -OCH3 is 2. The number of carbonyl (C=O) groups is 2. The summed E-state index contributed by atoms with van der Waals surface area (Å²) in [5.74, 6) is -1.26. The van der Waals surface area contributed by atoms with Gasteiger partial charge in [-0.15, -0.1) is 0 Å². The van der Waals surface area contributed by atoms with Gasteiger partial charge in [0.25, 0.3) is 0 Å². The number of nitrogens with zero attached hydrogens (tertiary/aromatic N) is 2. The molecule has 29 heavy (non-hydrogen) atoms. The second-order valence-corrected chi connectivity index (χ2v) is 7.31. The Bertz CT molecular complexity index is 786. The molecule has 0 radical (unpaired) electrons. The molecule has 1 aromatic carbocycles. The van der Waals surface area contributed by atoms with E-state index in [0.29, 0.717) is 12.1 Å². The summed E-state index contributed by atoms with van der Waals surface area (Å²) in [4.78, 5) is 28.4. The predicted octanol–water partition coefficient (Wildman–Crippen LogP) is 2.67. The van der Waals surface area contributed by atoms with Crippen molar-refractivity contribution < 1.29 is 28.2 Å². The quantitative estimate of drug-likeness (QED) is 0.239. The Morgan fingerprint density at radius 1 is 1.41 bits per heavy atom. The number of halogens is 2. The maximum atomic E-state index is 13.8. The number of hydrogen-bond donors (Lipinski definition) is 0. The minimum atomic E-state index is -0.587. The fraction of sp³-hybridized carbons (Fsp3) is 0.400. The first-order valence-corrected chi connectivity index (χ1v) is 9.65. The summed E-state index contributed by atoms with van der Waals surface area (Å²) in [5.41, 5.74) is 0.591. The highest BCUT2D eigenvalue weighted by molar-refractivity contribution is 9.11. The van der Waals surface area contributed by atoms with Gasteiger partial charge >= 0.3 is 5.97 Å². The Morgan fingerprint density at radius 2 is 2.17 bits per heavy atom. The first kappa shape index (κ1) is 23.1. The molecule has 0 aromatic heterocycles. The smallest absolute Gasteiger partial charge is 0.338 e. The van der Waals surface area contributed by atoms with E-state index in [4.69, 9.17) is 14.2 Å². The topological polar surface area (TPSA) is 68.3 Å². The minimum absolute atomic E-state index is 0.0578. The predicted molar refractivity (Wildman–Crippen MR) is 109 cm³/mol. The molecule has 1 aromatic rings. The van der Waals surface area contributed by atoms with Gasteiger partial charge in [0.1, 0.15) is 12.6 Å². The van der Waals surface area contributed by atoms with Crippen LogP contribution in [0.1, 0.15) is 15.9 Å². The Labute approximate surface area is 177 Å². The van der Waals surface area contributed by atoms with Gasteiger partial charge in [0.2, 0.25) is 5.91 Å². The standard InChI is InChI=1S/C20H24BrFN2O5/c1-4-15(21)9-23-10-17(12-29-13-27-2)24(19(25)11-23)8-14-7-16(22)5-6-18(14)20(26)28-3/h4-7,9,17H,1,8,10-13H2,2-3H3/b15-9+. The summed E-state index contributed by atoms with van der Waals surface area (Å²) in [6.45, 7) is 4.66. The van der Waals surface area contributed by atoms with Crippen molar-refractivity contribution in [2.75, 3.05) is 40.7 Å². The molecule has 1 heterocycles. The van der Waals surface area contributed by atoms with Crippen LogP contribution in [0.15, 0.2) is 41.5 Å². The second-order valence-electron chi connectivity index (χ2n) is 6.39. The summed E-state index contributed by atoms with van der Waals surface area (Å²) in [6.07, 6.45) is 3.41. The molecule has 1 aliphatic rings. The minimum Gasteiger partial charge on any atom is -0.465 e. The van der Waals surface area contributed by atoms with Crippen LogP contribution in [0.4, 0.5) is 4.39 Å². The second kappa shape index (κ2) is 11.1. The van der Waals surface area contributed by atoms with E-state index in [1.165, 1.54) is 32.4 Å². The fourth-order valence-electron chi connectivity index (χ4n) is 3.04. The zero-order valence-corrected chi connectivity index (χ0v) is 18.0. The van der Waals surface area contributed by atoms with Crippen molar-refractivity contribution in [3.8, 4) is 0 Å². The van der Waals surface area contributed by atoms with Crippen molar-refractivity contribution in [3.63, 3.8) is 0 Å². The molecule has 2 rings (SSSR count). The third kappa shape index (κ3) is 6.38. The van der Waals surface area contributed by atoms with Crippen molar-refractivity contribution in [3.05, 3.63) is 58.5 Å². The van der Waals surface area contributed by atoms with Gasteiger partial charge in [-0.3, -0.25) is 4.79 Å². The summed E-state index contributed by atoms with van der Waals surface area (Å²) in [5, 5.41) is 0. The summed E-state index contributed by atoms with van der Waals surface area (Å²) >= 11 is 3.36. The molecule has 1 fully saturated rings. The molecule has 0 aliphatic carbocycles. The lowest BCUT2D eigenvalue weighted by Gasteiger charge is -2.41. The van der Waals surface area contributed by atoms with Crippen LogP contribution in [0.2, 0.25) is 0 Å². The Hall–Kier alpha value is -2.23. The number of ether oxygens (including phenoxy) is 3. The number of hydrogen-bond acceptors (Lipinski definition) is 6. The van der Waals surface area contributed by atoms with Crippen LogP contribution < -0.4 is 0 Å². The molecular formula is C20H24BrFN2O5. The van der Waals surface area contributed by atoms with Crippen LogP contribution in [-0.2, 0) is 25.5 Å². The molecule has 0 N–H and O–H groups in total. The van der Waals surface area contributed by atoms with Crippen LogP contribution in [0.5, 0.6) is 0 Å². The number of benzene rings is 1. The van der Waals surface area contributed by atoms with Crippen LogP contribution in [0.25, 0.3) is 0 Å². The van der Waals surface area contributed by atoms with Crippen molar-refractivity contribution in [2.45, 2.75) is 12.6 Å². The van der Waals surface area contributed by atoms with Gasteiger partial charge in [-0.25, -0.2) is 9.18 Å². The van der Waals surface area contributed by atoms with Crippen molar-refractivity contribution >= 4 is 27.8 Å². The van der Waals surface area contributed by atoms with Crippen molar-refractivity contribution in [1.29, 1.82) is 0 Å². The van der Waals surface area contributed by atoms with E-state index < -0.39 is 11.8 Å². The zero-order valence-electron chi connectivity index (χ0n) is 16.4. The number of allylic oxidation sites excluding steroid dienone is 2. The lowest BCUT2D eigenvalue weighted by atomic mass is 10.0. The third-order valence-corrected chi connectivity index (χ3v) is 4.90. The monoisotopic (exact) mass is 470 g/mol. The lowest BCUT2D eigenvalue weighted by molar-refractivity contribution is -0.143. The van der Waals surface area contributed by atoms with Crippen LogP contribution >= 0.6 is 15.9 Å². The van der Waals surface area contributed by atoms with E-state index in [2.05, 4.69) is 22.5 Å². The molecule has 1 unspecified atom stereocenters. The van der Waals surface area contributed by atoms with Crippen LogP contribution in [0.3, 0.4) is 0 Å². The van der Waals surface area contributed by atoms with Gasteiger partial charge in [-0.1, -0.05) is 12.7 Å². The Morgan fingerprint density at radius 3 is 2.83 bits per heavy atom. The summed E-state index contributed by atoms with van der Waals surface area (Å²) in [6, 6.07) is 3.46. The molecule has 9 heteroatoms. The first-order chi connectivity index (χ1) is 13.9. The lowest BCUT2D eigenvalue weighted by Crippen LogP contribution is -2.56. The van der Waals surface area contributed by atoms with E-state index in [0.717, 1.165) is 4.48 Å². The van der Waals surface area contributed by atoms with Gasteiger partial charge < -0.3 is 24.0 Å². The number of amides is 1. The average Bonchev–Trinajstić information content (AvgIpc) is 2.70. The molecule has 0 saturated carbocycles. The van der Waals surface area contributed by atoms with Gasteiger partial charge in [-0.2, -0.15) is 0 Å². The normalized spacial score (nSPS) is 17.4. The molecule has 1 atom stereocenters. The molecule has 7 nitrogen and oxygen atoms in total. The maximum Gasteiger partial charge on any atom is 0.338 e. The fourth-order valence-corrected chi connectivity index (χ4v) is 3.33. The maximum absolute atomic E-state index is 13.8. The SMILES string of the molecule is C=C/C(Br)=C\N1CC(=O)N(Cc2cc(F)ccc2C(=O)OC)C(COCOC)C1. The highest BCUT2D eigenvalue weighted by Crippen LogP contribution is 2.21. The first-order valence-electron chi connectivity index (χ1n) is 8.86. The molecule has 158 valence electrons. The number of carbonyl (C=O) groups excluding carboxylic acids is 2. The van der Waals surface area contributed by atoms with Crippen molar-refractivity contribution in [2.24, 2.45) is 0 Å². The largest absolute Gasteiger partial charge is 0.465 e. The molecule has 0 bridgehead atoms. The Balaban J connectivity index is 2.29. The number of rotatable bonds is 9. The van der Waals surface area contributed by atoms with Crippen LogP contribution in [-0.4, -0.2) is 68.4 Å². The highest BCUT2D eigenvalue weighted by Gasteiger charge is 2.32. The van der Waals surface area contributed by atoms with E-state index in [1.807, 2.05) is 4.90 Å². The van der Waals surface area contributed by atoms with Gasteiger partial charge in [0, 0.05) is 30.9 Å². The summed E-state index contributed by atoms with van der Waals surface area (Å²) in [7, 11) is 2.76. The van der Waals surface area contributed by atoms with Gasteiger partial charge in [-0.05, 0) is 39.7 Å². The molecule has 1 aliphatic heterocycles. The van der Waals surface area contributed by atoms with E-state index in [1.54, 1.807) is 17.2 Å². The summed E-state index contributed by atoms with van der Waals surface area (Å²) < 4.78 is 29.7. The molecule has 1 amide bonds. The number of esters is 1. The molecule has 1 saturated heterocycles. The van der Waals surface area contributed by atoms with E-state index in [9.17, 15) is 14.0 Å². The van der Waals surface area contributed by atoms with Crippen molar-refractivity contribution in [1.82, 2.24) is 9.80 Å². The van der Waals surface area contributed by atoms with E-state index >= 15 is 0 Å². The van der Waals surface area contributed by atoms with Crippen LogP contribution in [0, 0.1) is 5.82 Å². The molecule has 0 spiro atoms. The highest BCUT2D eigenvalue weighted by atomic mass is 79.9. The number of piperazine rings is 1. The molecular weight excluding hydrogens is 447 g/mol. The zero-order chi connectivity index (χ0) is 21.4. The van der Waals surface area contributed by atoms with Gasteiger partial charge in [0.15, 0.2) is 0 Å². The Kier molecular flexibility index (Phi) is 8.81. The van der Waals surface area contributed by atoms with E-state index in [-0.39, 0.29) is 44.0 Å². The average molecular weight is 471 g/mol. The third-order valence-electron chi connectivity index (χ3n) is 4.37. The van der Waals surface area contributed by atoms with Gasteiger partial charge in [0.05, 0.1) is 31.9 Å².